The van der Waals surface area contributed by atoms with Gasteiger partial charge in [0, 0.05) is 23.8 Å². The van der Waals surface area contributed by atoms with Crippen LogP contribution in [0.5, 0.6) is 0 Å². The Balaban J connectivity index is 1.69. The van der Waals surface area contributed by atoms with Crippen LogP contribution in [-0.4, -0.2) is 28.9 Å². The summed E-state index contributed by atoms with van der Waals surface area (Å²) in [6, 6.07) is 1.87. The van der Waals surface area contributed by atoms with E-state index in [0.717, 1.165) is 29.4 Å². The van der Waals surface area contributed by atoms with Gasteiger partial charge in [-0.25, -0.2) is 0 Å². The predicted octanol–water partition coefficient (Wildman–Crippen LogP) is 3.04. The van der Waals surface area contributed by atoms with Crippen LogP contribution >= 0.6 is 15.9 Å². The van der Waals surface area contributed by atoms with Crippen molar-refractivity contribution in [3.8, 4) is 0 Å². The molecule has 2 saturated carbocycles. The molecule has 17 heavy (non-hydrogen) atoms. The van der Waals surface area contributed by atoms with Crippen molar-refractivity contribution in [2.24, 2.45) is 11.8 Å². The maximum Gasteiger partial charge on any atom is 0.270 e. The lowest BCUT2D eigenvalue weighted by molar-refractivity contribution is 0.0734. The molecule has 1 aromatic rings. The molecule has 0 bridgehead atoms. The van der Waals surface area contributed by atoms with Crippen molar-refractivity contribution in [2.45, 2.75) is 25.7 Å². The standard InChI is InChI=1S/C13H17BrN2O/c14-11-5-12(15-6-11)13(17)16(7-9-1-2-9)8-10-3-4-10/h5-6,9-10,15H,1-4,7-8H2. The van der Waals surface area contributed by atoms with Gasteiger partial charge in [0.2, 0.25) is 0 Å². The molecule has 1 amide bonds. The predicted molar refractivity (Wildman–Crippen MR) is 69.8 cm³/mol. The minimum atomic E-state index is 0.162. The lowest BCUT2D eigenvalue weighted by Crippen LogP contribution is -2.34. The highest BCUT2D eigenvalue weighted by Gasteiger charge is 2.32. The van der Waals surface area contributed by atoms with Gasteiger partial charge >= 0.3 is 0 Å². The number of amides is 1. The van der Waals surface area contributed by atoms with E-state index >= 15 is 0 Å². The van der Waals surface area contributed by atoms with Crippen LogP contribution in [0.4, 0.5) is 0 Å². The summed E-state index contributed by atoms with van der Waals surface area (Å²) in [5.74, 6) is 1.68. The number of nitrogens with one attached hydrogen (secondary N) is 1. The molecule has 0 aliphatic heterocycles. The van der Waals surface area contributed by atoms with Crippen LogP contribution in [0.1, 0.15) is 36.2 Å². The van der Waals surface area contributed by atoms with Gasteiger partial charge in [0.15, 0.2) is 0 Å². The highest BCUT2D eigenvalue weighted by molar-refractivity contribution is 9.10. The average molecular weight is 297 g/mol. The molecule has 0 spiro atoms. The molecule has 1 heterocycles. The van der Waals surface area contributed by atoms with Crippen molar-refractivity contribution in [1.29, 1.82) is 0 Å². The van der Waals surface area contributed by atoms with Crippen molar-refractivity contribution in [1.82, 2.24) is 9.88 Å². The van der Waals surface area contributed by atoms with Crippen LogP contribution in [0.15, 0.2) is 16.7 Å². The molecule has 3 rings (SSSR count). The third-order valence-electron chi connectivity index (χ3n) is 3.52. The minimum Gasteiger partial charge on any atom is -0.356 e. The molecular weight excluding hydrogens is 280 g/mol. The number of halogens is 1. The first-order valence-electron chi connectivity index (χ1n) is 6.35. The number of hydrogen-bond acceptors (Lipinski definition) is 1. The summed E-state index contributed by atoms with van der Waals surface area (Å²) in [6.45, 7) is 1.90. The summed E-state index contributed by atoms with van der Waals surface area (Å²) < 4.78 is 0.943. The van der Waals surface area contributed by atoms with Gasteiger partial charge in [-0.2, -0.15) is 0 Å². The zero-order valence-electron chi connectivity index (χ0n) is 9.79. The number of hydrogen-bond donors (Lipinski definition) is 1. The van der Waals surface area contributed by atoms with Gasteiger partial charge in [-0.1, -0.05) is 0 Å². The van der Waals surface area contributed by atoms with Gasteiger partial charge < -0.3 is 9.88 Å². The third-order valence-corrected chi connectivity index (χ3v) is 3.97. The van der Waals surface area contributed by atoms with Gasteiger partial charge in [-0.3, -0.25) is 4.79 Å². The summed E-state index contributed by atoms with van der Waals surface area (Å²) in [5.41, 5.74) is 0.707. The number of carbonyl (C=O) groups is 1. The van der Waals surface area contributed by atoms with Crippen LogP contribution in [0.2, 0.25) is 0 Å². The SMILES string of the molecule is O=C(c1cc(Br)c[nH]1)N(CC1CC1)CC1CC1. The Kier molecular flexibility index (Phi) is 2.99. The Morgan fingerprint density at radius 1 is 1.29 bits per heavy atom. The molecule has 1 N–H and O–H groups in total. The van der Waals surface area contributed by atoms with E-state index in [-0.39, 0.29) is 5.91 Å². The number of aromatic amines is 1. The third kappa shape index (κ3) is 2.92. The first-order chi connectivity index (χ1) is 8.22. The Hall–Kier alpha value is -0.770. The molecule has 0 aromatic carbocycles. The first-order valence-corrected chi connectivity index (χ1v) is 7.15. The fourth-order valence-corrected chi connectivity index (χ4v) is 2.47. The highest BCUT2D eigenvalue weighted by Crippen LogP contribution is 2.34. The van der Waals surface area contributed by atoms with E-state index in [1.54, 1.807) is 0 Å². The average Bonchev–Trinajstić information content (AvgIpc) is 3.21. The molecule has 92 valence electrons. The fourth-order valence-electron chi connectivity index (χ4n) is 2.13. The number of aromatic nitrogens is 1. The highest BCUT2D eigenvalue weighted by atomic mass is 79.9. The second-order valence-electron chi connectivity index (χ2n) is 5.33. The second kappa shape index (κ2) is 4.48. The topological polar surface area (TPSA) is 36.1 Å². The molecule has 1 aromatic heterocycles. The molecule has 2 fully saturated rings. The Bertz CT molecular complexity index is 407. The quantitative estimate of drug-likeness (QED) is 0.891. The number of nitrogens with zero attached hydrogens (tertiary/aromatic N) is 1. The van der Waals surface area contributed by atoms with E-state index in [2.05, 4.69) is 20.9 Å². The maximum atomic E-state index is 12.4. The molecule has 3 nitrogen and oxygen atoms in total. The van der Waals surface area contributed by atoms with Crippen molar-refractivity contribution in [3.05, 3.63) is 22.4 Å². The smallest absolute Gasteiger partial charge is 0.270 e. The van der Waals surface area contributed by atoms with Gasteiger partial charge in [0.25, 0.3) is 5.91 Å². The number of H-pyrrole nitrogens is 1. The summed E-state index contributed by atoms with van der Waals surface area (Å²) >= 11 is 3.37. The Morgan fingerprint density at radius 3 is 2.29 bits per heavy atom. The molecule has 0 unspecified atom stereocenters. The summed E-state index contributed by atoms with van der Waals surface area (Å²) in [6.07, 6.45) is 7.00. The van der Waals surface area contributed by atoms with E-state index in [1.165, 1.54) is 25.7 Å². The molecule has 2 aliphatic rings. The number of rotatable bonds is 5. The van der Waals surface area contributed by atoms with Crippen LogP contribution in [0.3, 0.4) is 0 Å². The molecular formula is C13H17BrN2O. The van der Waals surface area contributed by atoms with Crippen molar-refractivity contribution in [3.63, 3.8) is 0 Å². The Morgan fingerprint density at radius 2 is 1.88 bits per heavy atom. The number of carbonyl (C=O) groups excluding carboxylic acids is 1. The largest absolute Gasteiger partial charge is 0.356 e. The zero-order chi connectivity index (χ0) is 11.8. The lowest BCUT2D eigenvalue weighted by Gasteiger charge is -2.21. The van der Waals surface area contributed by atoms with E-state index in [9.17, 15) is 4.79 Å². The lowest BCUT2D eigenvalue weighted by atomic mass is 10.2. The molecule has 0 radical (unpaired) electrons. The van der Waals surface area contributed by atoms with Crippen LogP contribution in [-0.2, 0) is 0 Å². The van der Waals surface area contributed by atoms with E-state index in [4.69, 9.17) is 0 Å². The van der Waals surface area contributed by atoms with Crippen LogP contribution in [0, 0.1) is 11.8 Å². The van der Waals surface area contributed by atoms with Crippen molar-refractivity contribution < 1.29 is 4.79 Å². The van der Waals surface area contributed by atoms with Crippen LogP contribution in [0.25, 0.3) is 0 Å². The zero-order valence-corrected chi connectivity index (χ0v) is 11.4. The van der Waals surface area contributed by atoms with Crippen LogP contribution < -0.4 is 0 Å². The van der Waals surface area contributed by atoms with Gasteiger partial charge in [-0.15, -0.1) is 0 Å². The van der Waals surface area contributed by atoms with Gasteiger partial charge in [-0.05, 0) is 59.5 Å². The summed E-state index contributed by atoms with van der Waals surface area (Å²) in [4.78, 5) is 17.4. The molecule has 4 heteroatoms. The Labute approximate surface area is 110 Å². The molecule has 0 saturated heterocycles. The van der Waals surface area contributed by atoms with Crippen molar-refractivity contribution in [2.75, 3.05) is 13.1 Å². The van der Waals surface area contributed by atoms with E-state index in [1.807, 2.05) is 17.2 Å². The van der Waals surface area contributed by atoms with Crippen molar-refractivity contribution >= 4 is 21.8 Å². The van der Waals surface area contributed by atoms with Gasteiger partial charge in [0.05, 0.1) is 0 Å². The normalized spacial score (nSPS) is 19.4. The summed E-state index contributed by atoms with van der Waals surface area (Å²) in [7, 11) is 0. The van der Waals surface area contributed by atoms with E-state index in [0.29, 0.717) is 5.69 Å². The van der Waals surface area contributed by atoms with E-state index < -0.39 is 0 Å². The summed E-state index contributed by atoms with van der Waals surface area (Å²) in [5, 5.41) is 0. The monoisotopic (exact) mass is 296 g/mol. The molecule has 0 atom stereocenters. The maximum absolute atomic E-state index is 12.4. The first kappa shape index (κ1) is 11.3. The fraction of sp³-hybridized carbons (Fsp3) is 0.615. The minimum absolute atomic E-state index is 0.162. The second-order valence-corrected chi connectivity index (χ2v) is 6.24. The van der Waals surface area contributed by atoms with Gasteiger partial charge in [0.1, 0.15) is 5.69 Å². The molecule has 2 aliphatic carbocycles.